The van der Waals surface area contributed by atoms with E-state index in [4.69, 9.17) is 14.6 Å². The molecule has 2 N–H and O–H groups in total. The first-order chi connectivity index (χ1) is 15.8. The summed E-state index contributed by atoms with van der Waals surface area (Å²) in [6.45, 7) is 5.10. The lowest BCUT2D eigenvalue weighted by atomic mass is 10.1. The number of ether oxygens (including phenoxy) is 2. The zero-order valence-corrected chi connectivity index (χ0v) is 18.8. The van der Waals surface area contributed by atoms with Gasteiger partial charge in [-0.25, -0.2) is 9.48 Å². The molecule has 0 amide bonds. The molecule has 1 aliphatic carbocycles. The molecule has 8 nitrogen and oxygen atoms in total. The van der Waals surface area contributed by atoms with E-state index in [0.29, 0.717) is 11.8 Å². The van der Waals surface area contributed by atoms with Crippen LogP contribution in [0.4, 0.5) is 0 Å². The molecule has 4 aromatic rings. The van der Waals surface area contributed by atoms with Gasteiger partial charge in [0.2, 0.25) is 0 Å². The molecule has 5 rings (SSSR count). The van der Waals surface area contributed by atoms with Crippen LogP contribution in [0.5, 0.6) is 5.75 Å². The number of nitrogens with one attached hydrogen (secondary N) is 1. The molecule has 0 unspecified atom stereocenters. The van der Waals surface area contributed by atoms with Crippen LogP contribution in [0.15, 0.2) is 48.5 Å². The van der Waals surface area contributed by atoms with Crippen LogP contribution in [0, 0.1) is 6.92 Å². The van der Waals surface area contributed by atoms with E-state index in [1.165, 1.54) is 13.8 Å². The molecule has 2 heterocycles. The Hall–Kier alpha value is -3.65. The van der Waals surface area contributed by atoms with E-state index in [9.17, 15) is 9.90 Å². The van der Waals surface area contributed by atoms with Crippen LogP contribution >= 0.6 is 0 Å². The van der Waals surface area contributed by atoms with Crippen molar-refractivity contribution >= 4 is 16.9 Å². The molecule has 1 saturated carbocycles. The molecule has 1 aliphatic rings. The first-order valence-corrected chi connectivity index (χ1v) is 11.0. The SMILES string of the molecule is Cc1[nH]nc2cccc(-n3nc(COC(C)(C)C(=O)O)cc3-c3cccc(OC4CC4)c3)c12. The van der Waals surface area contributed by atoms with Gasteiger partial charge < -0.3 is 14.6 Å². The second-order valence-electron chi connectivity index (χ2n) is 8.90. The molecule has 0 saturated heterocycles. The number of aromatic nitrogens is 4. The lowest BCUT2D eigenvalue weighted by Crippen LogP contribution is -2.34. The highest BCUT2D eigenvalue weighted by molar-refractivity contribution is 5.90. The molecule has 0 radical (unpaired) electrons. The molecule has 170 valence electrons. The van der Waals surface area contributed by atoms with Crippen molar-refractivity contribution in [3.63, 3.8) is 0 Å². The predicted molar refractivity (Wildman–Crippen MR) is 124 cm³/mol. The van der Waals surface area contributed by atoms with Gasteiger partial charge in [0.15, 0.2) is 5.60 Å². The fourth-order valence-corrected chi connectivity index (χ4v) is 3.70. The molecule has 8 heteroatoms. The van der Waals surface area contributed by atoms with Gasteiger partial charge >= 0.3 is 5.97 Å². The summed E-state index contributed by atoms with van der Waals surface area (Å²) in [5, 5.41) is 22.6. The van der Waals surface area contributed by atoms with Crippen LogP contribution in [-0.2, 0) is 16.1 Å². The first kappa shape index (κ1) is 21.2. The van der Waals surface area contributed by atoms with Crippen LogP contribution in [0.3, 0.4) is 0 Å². The fourth-order valence-electron chi connectivity index (χ4n) is 3.70. The monoisotopic (exact) mass is 446 g/mol. The van der Waals surface area contributed by atoms with E-state index < -0.39 is 11.6 Å². The largest absolute Gasteiger partial charge is 0.490 e. The number of hydrogen-bond acceptors (Lipinski definition) is 5. The number of aryl methyl sites for hydroxylation is 1. The van der Waals surface area contributed by atoms with Gasteiger partial charge in [0.1, 0.15) is 5.75 Å². The Balaban J connectivity index is 1.60. The van der Waals surface area contributed by atoms with Gasteiger partial charge in [-0.2, -0.15) is 10.2 Å². The minimum absolute atomic E-state index is 0.0674. The number of nitrogens with zero attached hydrogens (tertiary/aromatic N) is 3. The summed E-state index contributed by atoms with van der Waals surface area (Å²) >= 11 is 0. The molecule has 2 aromatic heterocycles. The number of hydrogen-bond donors (Lipinski definition) is 2. The van der Waals surface area contributed by atoms with E-state index in [1.807, 2.05) is 60.1 Å². The number of fused-ring (bicyclic) bond motifs is 1. The van der Waals surface area contributed by atoms with Crippen molar-refractivity contribution in [2.45, 2.75) is 51.9 Å². The highest BCUT2D eigenvalue weighted by Gasteiger charge is 2.29. The molecule has 0 aliphatic heterocycles. The zero-order chi connectivity index (χ0) is 23.2. The highest BCUT2D eigenvalue weighted by Crippen LogP contribution is 2.33. The molecule has 0 spiro atoms. The number of carboxylic acid groups (broad SMARTS) is 1. The second-order valence-corrected chi connectivity index (χ2v) is 8.90. The number of benzene rings is 2. The topological polar surface area (TPSA) is 102 Å². The molecule has 0 bridgehead atoms. The lowest BCUT2D eigenvalue weighted by molar-refractivity contribution is -0.162. The summed E-state index contributed by atoms with van der Waals surface area (Å²) in [6.07, 6.45) is 2.48. The smallest absolute Gasteiger partial charge is 0.335 e. The summed E-state index contributed by atoms with van der Waals surface area (Å²) in [5.41, 5.74) is 3.79. The van der Waals surface area contributed by atoms with E-state index in [2.05, 4.69) is 10.2 Å². The standard InChI is InChI=1S/C25H26N4O4/c1-15-23-20(27-26-15)8-5-9-21(23)29-22(13-17(28-29)14-32-25(2,3)24(30)31)16-6-4-7-19(12-16)33-18-10-11-18/h4-9,12-13,18H,10-11,14H2,1-3H3,(H,26,27)(H,30,31). The third-order valence-electron chi connectivity index (χ3n) is 5.78. The molecule has 33 heavy (non-hydrogen) atoms. The molecule has 0 atom stereocenters. The summed E-state index contributed by atoms with van der Waals surface area (Å²) in [4.78, 5) is 11.5. The van der Waals surface area contributed by atoms with Crippen molar-refractivity contribution in [2.75, 3.05) is 0 Å². The van der Waals surface area contributed by atoms with Gasteiger partial charge in [0.25, 0.3) is 0 Å². The van der Waals surface area contributed by atoms with Crippen molar-refractivity contribution in [1.82, 2.24) is 20.0 Å². The number of aliphatic carboxylic acids is 1. The number of aromatic amines is 1. The first-order valence-electron chi connectivity index (χ1n) is 11.0. The number of carbonyl (C=O) groups is 1. The van der Waals surface area contributed by atoms with Gasteiger partial charge in [-0.1, -0.05) is 18.2 Å². The van der Waals surface area contributed by atoms with E-state index in [-0.39, 0.29) is 6.61 Å². The summed E-state index contributed by atoms with van der Waals surface area (Å²) in [6, 6.07) is 15.8. The highest BCUT2D eigenvalue weighted by atomic mass is 16.5. The quantitative estimate of drug-likeness (QED) is 0.409. The van der Waals surface area contributed by atoms with Gasteiger partial charge in [0, 0.05) is 16.6 Å². The Morgan fingerprint density at radius 3 is 2.76 bits per heavy atom. The van der Waals surface area contributed by atoms with Crippen molar-refractivity contribution in [1.29, 1.82) is 0 Å². The Bertz CT molecular complexity index is 1330. The maximum atomic E-state index is 11.5. The number of rotatable bonds is 8. The van der Waals surface area contributed by atoms with Gasteiger partial charge in [-0.15, -0.1) is 0 Å². The maximum Gasteiger partial charge on any atom is 0.335 e. The van der Waals surface area contributed by atoms with Gasteiger partial charge in [0.05, 0.1) is 35.3 Å². The molecular weight excluding hydrogens is 420 g/mol. The van der Waals surface area contributed by atoms with Gasteiger partial charge in [-0.05, 0) is 63.9 Å². The summed E-state index contributed by atoms with van der Waals surface area (Å²) < 4.78 is 13.5. The van der Waals surface area contributed by atoms with E-state index in [0.717, 1.165) is 52.1 Å². The lowest BCUT2D eigenvalue weighted by Gasteiger charge is -2.19. The molecule has 1 fully saturated rings. The van der Waals surface area contributed by atoms with Crippen LogP contribution in [0.1, 0.15) is 38.1 Å². The minimum atomic E-state index is -1.32. The van der Waals surface area contributed by atoms with Crippen LogP contribution < -0.4 is 4.74 Å². The average molecular weight is 447 g/mol. The number of carboxylic acids is 1. The zero-order valence-electron chi connectivity index (χ0n) is 18.8. The Labute approximate surface area is 191 Å². The molecule has 2 aromatic carbocycles. The van der Waals surface area contributed by atoms with Crippen molar-refractivity contribution < 1.29 is 19.4 Å². The van der Waals surface area contributed by atoms with E-state index in [1.54, 1.807) is 0 Å². The Kier molecular flexibility index (Phi) is 5.17. The van der Waals surface area contributed by atoms with E-state index >= 15 is 0 Å². The van der Waals surface area contributed by atoms with Crippen molar-refractivity contribution in [2.24, 2.45) is 0 Å². The predicted octanol–water partition coefficient (Wildman–Crippen LogP) is 4.65. The Morgan fingerprint density at radius 1 is 1.21 bits per heavy atom. The summed E-state index contributed by atoms with van der Waals surface area (Å²) in [7, 11) is 0. The van der Waals surface area contributed by atoms with Crippen molar-refractivity contribution in [3.8, 4) is 22.7 Å². The normalized spacial score (nSPS) is 14.0. The number of H-pyrrole nitrogens is 1. The van der Waals surface area contributed by atoms with Crippen LogP contribution in [-0.4, -0.2) is 42.8 Å². The minimum Gasteiger partial charge on any atom is -0.490 e. The third kappa shape index (κ3) is 4.21. The van der Waals surface area contributed by atoms with Crippen molar-refractivity contribution in [3.05, 3.63) is 59.9 Å². The maximum absolute atomic E-state index is 11.5. The Morgan fingerprint density at radius 2 is 2.00 bits per heavy atom. The average Bonchev–Trinajstić information content (AvgIpc) is 3.37. The van der Waals surface area contributed by atoms with Gasteiger partial charge in [-0.3, -0.25) is 5.10 Å². The van der Waals surface area contributed by atoms with Crippen LogP contribution in [0.25, 0.3) is 27.8 Å². The fraction of sp³-hybridized carbons (Fsp3) is 0.320. The molecular formula is C25H26N4O4. The summed E-state index contributed by atoms with van der Waals surface area (Å²) in [5.74, 6) is -0.198. The third-order valence-corrected chi connectivity index (χ3v) is 5.78. The van der Waals surface area contributed by atoms with Crippen LogP contribution in [0.2, 0.25) is 0 Å². The second kappa shape index (κ2) is 8.04.